The highest BCUT2D eigenvalue weighted by molar-refractivity contribution is 5.95. The van der Waals surface area contributed by atoms with Crippen molar-refractivity contribution in [3.05, 3.63) is 23.8 Å². The van der Waals surface area contributed by atoms with Crippen molar-refractivity contribution in [3.8, 4) is 11.5 Å². The number of carbonyl (C=O) groups is 2. The highest BCUT2D eigenvalue weighted by Gasteiger charge is 2.21. The second-order valence-corrected chi connectivity index (χ2v) is 4.89. The molecule has 1 N–H and O–H groups in total. The molecular formula is C15H19NO4. The number of hydrogen-bond acceptors (Lipinski definition) is 4. The summed E-state index contributed by atoms with van der Waals surface area (Å²) >= 11 is 0. The molecule has 0 unspecified atom stereocenters. The van der Waals surface area contributed by atoms with Gasteiger partial charge in [0.15, 0.2) is 0 Å². The number of hydrogen-bond donors (Lipinski definition) is 1. The Balaban J connectivity index is 2.06. The zero-order valence-electron chi connectivity index (χ0n) is 11.8. The summed E-state index contributed by atoms with van der Waals surface area (Å²) < 4.78 is 10.3. The van der Waals surface area contributed by atoms with Crippen LogP contribution in [0.25, 0.3) is 0 Å². The molecule has 0 radical (unpaired) electrons. The number of methoxy groups -OCH3 is 2. The van der Waals surface area contributed by atoms with Crippen LogP contribution in [-0.2, 0) is 4.79 Å². The molecule has 20 heavy (non-hydrogen) atoms. The second-order valence-electron chi connectivity index (χ2n) is 4.89. The van der Waals surface area contributed by atoms with E-state index in [9.17, 15) is 9.59 Å². The Morgan fingerprint density at radius 3 is 2.15 bits per heavy atom. The fourth-order valence-electron chi connectivity index (χ4n) is 2.29. The number of rotatable bonds is 4. The SMILES string of the molecule is COc1cc(OC)cc(C(=O)NC2CCC(=O)CC2)c1. The highest BCUT2D eigenvalue weighted by atomic mass is 16.5. The normalized spacial score (nSPS) is 15.8. The smallest absolute Gasteiger partial charge is 0.251 e. The Morgan fingerprint density at radius 2 is 1.65 bits per heavy atom. The second kappa shape index (κ2) is 6.41. The summed E-state index contributed by atoms with van der Waals surface area (Å²) in [6.45, 7) is 0. The summed E-state index contributed by atoms with van der Waals surface area (Å²) in [5.74, 6) is 1.27. The monoisotopic (exact) mass is 277 g/mol. The van der Waals surface area contributed by atoms with E-state index in [2.05, 4.69) is 5.32 Å². The van der Waals surface area contributed by atoms with E-state index in [1.54, 1.807) is 32.4 Å². The van der Waals surface area contributed by atoms with Crippen LogP contribution < -0.4 is 14.8 Å². The molecule has 0 atom stereocenters. The van der Waals surface area contributed by atoms with E-state index >= 15 is 0 Å². The van der Waals surface area contributed by atoms with Gasteiger partial charge in [0, 0.05) is 30.5 Å². The number of Topliss-reactive ketones (excluding diaryl/α,β-unsaturated/α-hetero) is 1. The van der Waals surface area contributed by atoms with E-state index in [0.717, 1.165) is 0 Å². The van der Waals surface area contributed by atoms with Gasteiger partial charge < -0.3 is 14.8 Å². The molecule has 0 saturated heterocycles. The lowest BCUT2D eigenvalue weighted by molar-refractivity contribution is -0.120. The highest BCUT2D eigenvalue weighted by Crippen LogP contribution is 2.23. The molecule has 0 bridgehead atoms. The van der Waals surface area contributed by atoms with Crippen LogP contribution in [0.3, 0.4) is 0 Å². The van der Waals surface area contributed by atoms with Gasteiger partial charge in [0.05, 0.1) is 14.2 Å². The van der Waals surface area contributed by atoms with Gasteiger partial charge in [-0.15, -0.1) is 0 Å². The lowest BCUT2D eigenvalue weighted by Crippen LogP contribution is -2.37. The predicted octanol–water partition coefficient (Wildman–Crippen LogP) is 1.95. The molecule has 0 spiro atoms. The first kappa shape index (κ1) is 14.4. The molecule has 108 valence electrons. The van der Waals surface area contributed by atoms with Gasteiger partial charge in [-0.25, -0.2) is 0 Å². The van der Waals surface area contributed by atoms with Gasteiger partial charge in [-0.1, -0.05) is 0 Å². The maximum atomic E-state index is 12.2. The van der Waals surface area contributed by atoms with Crippen LogP contribution in [0, 0.1) is 0 Å². The molecular weight excluding hydrogens is 258 g/mol. The summed E-state index contributed by atoms with van der Waals surface area (Å²) in [7, 11) is 3.09. The van der Waals surface area contributed by atoms with Crippen molar-refractivity contribution in [2.75, 3.05) is 14.2 Å². The Hall–Kier alpha value is -2.04. The van der Waals surface area contributed by atoms with Crippen molar-refractivity contribution in [1.29, 1.82) is 0 Å². The molecule has 1 aliphatic rings. The van der Waals surface area contributed by atoms with Crippen molar-refractivity contribution in [3.63, 3.8) is 0 Å². The number of amides is 1. The minimum Gasteiger partial charge on any atom is -0.497 e. The quantitative estimate of drug-likeness (QED) is 0.913. The first-order valence-corrected chi connectivity index (χ1v) is 6.68. The molecule has 1 aliphatic carbocycles. The van der Waals surface area contributed by atoms with E-state index < -0.39 is 0 Å². The first-order valence-electron chi connectivity index (χ1n) is 6.68. The summed E-state index contributed by atoms with van der Waals surface area (Å²) in [4.78, 5) is 23.4. The average Bonchev–Trinajstić information content (AvgIpc) is 2.48. The molecule has 1 aromatic carbocycles. The summed E-state index contributed by atoms with van der Waals surface area (Å²) in [6, 6.07) is 5.13. The molecule has 1 amide bonds. The molecule has 0 heterocycles. The number of carbonyl (C=O) groups excluding carboxylic acids is 2. The third-order valence-electron chi connectivity index (χ3n) is 3.49. The van der Waals surface area contributed by atoms with E-state index in [-0.39, 0.29) is 17.7 Å². The van der Waals surface area contributed by atoms with Crippen LogP contribution in [0.1, 0.15) is 36.0 Å². The topological polar surface area (TPSA) is 64.6 Å². The van der Waals surface area contributed by atoms with E-state index in [1.165, 1.54) is 0 Å². The number of benzene rings is 1. The van der Waals surface area contributed by atoms with Gasteiger partial charge in [0.25, 0.3) is 5.91 Å². The lowest BCUT2D eigenvalue weighted by Gasteiger charge is -2.22. The largest absolute Gasteiger partial charge is 0.497 e. The molecule has 5 nitrogen and oxygen atoms in total. The van der Waals surface area contributed by atoms with Crippen LogP contribution in [-0.4, -0.2) is 32.0 Å². The Labute approximate surface area is 118 Å². The van der Waals surface area contributed by atoms with Gasteiger partial charge in [0.2, 0.25) is 0 Å². The minimum absolute atomic E-state index is 0.0670. The zero-order valence-corrected chi connectivity index (χ0v) is 11.8. The van der Waals surface area contributed by atoms with E-state index in [1.807, 2.05) is 0 Å². The number of ether oxygens (including phenoxy) is 2. The molecule has 0 aliphatic heterocycles. The summed E-state index contributed by atoms with van der Waals surface area (Å²) in [6.07, 6.45) is 2.52. The van der Waals surface area contributed by atoms with Crippen LogP contribution in [0.2, 0.25) is 0 Å². The van der Waals surface area contributed by atoms with E-state index in [0.29, 0.717) is 42.7 Å². The van der Waals surface area contributed by atoms with Crippen LogP contribution in [0.4, 0.5) is 0 Å². The Morgan fingerprint density at radius 1 is 1.10 bits per heavy atom. The molecule has 1 fully saturated rings. The molecule has 1 aromatic rings. The lowest BCUT2D eigenvalue weighted by atomic mass is 9.94. The fourth-order valence-corrected chi connectivity index (χ4v) is 2.29. The standard InChI is InChI=1S/C15H19NO4/c1-19-13-7-10(8-14(9-13)20-2)15(18)16-11-3-5-12(17)6-4-11/h7-9,11H,3-6H2,1-2H3,(H,16,18). The fraction of sp³-hybridized carbons (Fsp3) is 0.467. The van der Waals surface area contributed by atoms with Crippen molar-refractivity contribution in [2.45, 2.75) is 31.7 Å². The molecule has 1 saturated carbocycles. The summed E-state index contributed by atoms with van der Waals surface area (Å²) in [5.41, 5.74) is 0.498. The maximum absolute atomic E-state index is 12.2. The predicted molar refractivity (Wildman–Crippen MR) is 74.3 cm³/mol. The average molecular weight is 277 g/mol. The van der Waals surface area contributed by atoms with Gasteiger partial charge in [-0.05, 0) is 25.0 Å². The molecule has 0 aromatic heterocycles. The minimum atomic E-state index is -0.165. The van der Waals surface area contributed by atoms with Gasteiger partial charge in [-0.2, -0.15) is 0 Å². The summed E-state index contributed by atoms with van der Waals surface area (Å²) in [5, 5.41) is 2.96. The van der Waals surface area contributed by atoms with Crippen molar-refractivity contribution < 1.29 is 19.1 Å². The van der Waals surface area contributed by atoms with Crippen molar-refractivity contribution in [1.82, 2.24) is 5.32 Å². The molecule has 5 heteroatoms. The zero-order chi connectivity index (χ0) is 14.5. The first-order chi connectivity index (χ1) is 9.62. The Kier molecular flexibility index (Phi) is 4.61. The third kappa shape index (κ3) is 3.50. The number of ketones is 1. The van der Waals surface area contributed by atoms with Gasteiger partial charge in [-0.3, -0.25) is 9.59 Å². The van der Waals surface area contributed by atoms with E-state index in [4.69, 9.17) is 9.47 Å². The van der Waals surface area contributed by atoms with Crippen LogP contribution in [0.5, 0.6) is 11.5 Å². The Bertz CT molecular complexity index is 480. The van der Waals surface area contributed by atoms with Gasteiger partial charge >= 0.3 is 0 Å². The van der Waals surface area contributed by atoms with Gasteiger partial charge in [0.1, 0.15) is 17.3 Å². The third-order valence-corrected chi connectivity index (χ3v) is 3.49. The number of nitrogens with one attached hydrogen (secondary N) is 1. The van der Waals surface area contributed by atoms with Crippen LogP contribution >= 0.6 is 0 Å². The van der Waals surface area contributed by atoms with Crippen molar-refractivity contribution in [2.24, 2.45) is 0 Å². The molecule has 2 rings (SSSR count). The maximum Gasteiger partial charge on any atom is 0.251 e. The van der Waals surface area contributed by atoms with Crippen LogP contribution in [0.15, 0.2) is 18.2 Å². The van der Waals surface area contributed by atoms with Crippen molar-refractivity contribution >= 4 is 11.7 Å².